The predicted octanol–water partition coefficient (Wildman–Crippen LogP) is 3.77. The number of sulfonamides is 1. The molecule has 0 unspecified atom stereocenters. The van der Waals surface area contributed by atoms with Crippen molar-refractivity contribution in [3.05, 3.63) is 65.2 Å². The molecular weight excluding hydrogens is 386 g/mol. The largest absolute Gasteiger partial charge is 0.322 e. The molecule has 0 aromatic heterocycles. The zero-order valence-corrected chi connectivity index (χ0v) is 17.4. The molecule has 1 amide bonds. The van der Waals surface area contributed by atoms with E-state index in [0.717, 1.165) is 24.8 Å². The van der Waals surface area contributed by atoms with Gasteiger partial charge in [-0.25, -0.2) is 13.1 Å². The summed E-state index contributed by atoms with van der Waals surface area (Å²) in [5.74, 6) is -0.154. The number of nitrogens with one attached hydrogen (secondary N) is 2. The Balaban J connectivity index is 1.69. The van der Waals surface area contributed by atoms with Crippen molar-refractivity contribution in [3.8, 4) is 6.07 Å². The summed E-state index contributed by atoms with van der Waals surface area (Å²) in [6.07, 6.45) is 2.73. The molecule has 1 fully saturated rings. The van der Waals surface area contributed by atoms with Crippen LogP contribution in [0.2, 0.25) is 0 Å². The van der Waals surface area contributed by atoms with Crippen LogP contribution in [-0.4, -0.2) is 25.6 Å². The molecule has 0 heterocycles. The van der Waals surface area contributed by atoms with Gasteiger partial charge in [0.2, 0.25) is 10.0 Å². The summed E-state index contributed by atoms with van der Waals surface area (Å²) in [4.78, 5) is 12.4. The normalized spacial score (nSPS) is 19.1. The molecule has 0 aliphatic heterocycles. The van der Waals surface area contributed by atoms with Gasteiger partial charge in [0.15, 0.2) is 0 Å². The van der Waals surface area contributed by atoms with Crippen LogP contribution in [0.5, 0.6) is 0 Å². The average molecular weight is 412 g/mol. The Bertz CT molecular complexity index is 1020. The highest BCUT2D eigenvalue weighted by Crippen LogP contribution is 2.35. The molecule has 3 rings (SSSR count). The third-order valence-electron chi connectivity index (χ3n) is 5.30. The Kier molecular flexibility index (Phi) is 6.36. The van der Waals surface area contributed by atoms with Crippen LogP contribution in [0.15, 0.2) is 48.5 Å². The lowest BCUT2D eigenvalue weighted by atomic mass is 9.94. The van der Waals surface area contributed by atoms with Crippen LogP contribution in [0.25, 0.3) is 0 Å². The van der Waals surface area contributed by atoms with Crippen LogP contribution >= 0.6 is 0 Å². The highest BCUT2D eigenvalue weighted by molar-refractivity contribution is 7.90. The minimum Gasteiger partial charge on any atom is -0.322 e. The molecule has 2 N–H and O–H groups in total. The summed E-state index contributed by atoms with van der Waals surface area (Å²) < 4.78 is 27.3. The van der Waals surface area contributed by atoms with Gasteiger partial charge in [-0.1, -0.05) is 24.6 Å². The van der Waals surface area contributed by atoms with Crippen LogP contribution in [0.1, 0.15) is 60.5 Å². The second kappa shape index (κ2) is 8.76. The fourth-order valence-electron chi connectivity index (χ4n) is 3.59. The molecule has 0 radical (unpaired) electrons. The van der Waals surface area contributed by atoms with Crippen LogP contribution in [-0.2, 0) is 10.0 Å². The molecule has 1 aliphatic rings. The van der Waals surface area contributed by atoms with Gasteiger partial charge >= 0.3 is 0 Å². The van der Waals surface area contributed by atoms with Gasteiger partial charge in [0.05, 0.1) is 16.9 Å². The smallest absolute Gasteiger partial charge is 0.255 e. The molecule has 0 bridgehead atoms. The van der Waals surface area contributed by atoms with Crippen LogP contribution in [0, 0.1) is 11.3 Å². The summed E-state index contributed by atoms with van der Waals surface area (Å²) in [7, 11) is -3.31. The van der Waals surface area contributed by atoms with Gasteiger partial charge in [0.25, 0.3) is 5.91 Å². The van der Waals surface area contributed by atoms with Gasteiger partial charge in [-0.05, 0) is 62.6 Å². The number of nitriles is 1. The number of carbonyl (C=O) groups excluding carboxylic acids is 1. The Labute approximate surface area is 172 Å². The van der Waals surface area contributed by atoms with E-state index in [1.165, 1.54) is 0 Å². The summed E-state index contributed by atoms with van der Waals surface area (Å²) >= 11 is 0. The Morgan fingerprint density at radius 2 is 1.86 bits per heavy atom. The fraction of sp³-hybridized carbons (Fsp3) is 0.364. The lowest BCUT2D eigenvalue weighted by Crippen LogP contribution is -2.40. The number of hydrogen-bond acceptors (Lipinski definition) is 4. The SMILES string of the molecule is CC(C)S(=O)(=O)N[C@H]1CCC[C@H]1c1ccc(NC(=O)c2cccc(C#N)c2)cc1. The van der Waals surface area contributed by atoms with Gasteiger partial charge in [0.1, 0.15) is 0 Å². The van der Waals surface area contributed by atoms with E-state index in [0.29, 0.717) is 16.8 Å². The zero-order valence-electron chi connectivity index (χ0n) is 16.6. The van der Waals surface area contributed by atoms with Crippen molar-refractivity contribution < 1.29 is 13.2 Å². The summed E-state index contributed by atoms with van der Waals surface area (Å²) in [6, 6.07) is 16.0. The number of rotatable bonds is 6. The van der Waals surface area contributed by atoms with Crippen molar-refractivity contribution in [1.82, 2.24) is 4.72 Å². The summed E-state index contributed by atoms with van der Waals surface area (Å²) in [6.45, 7) is 3.35. The monoisotopic (exact) mass is 411 g/mol. The van der Waals surface area contributed by atoms with E-state index in [-0.39, 0.29) is 17.9 Å². The van der Waals surface area contributed by atoms with E-state index in [1.54, 1.807) is 38.1 Å². The van der Waals surface area contributed by atoms with E-state index < -0.39 is 15.3 Å². The van der Waals surface area contributed by atoms with E-state index in [4.69, 9.17) is 5.26 Å². The first-order valence-corrected chi connectivity index (χ1v) is 11.3. The van der Waals surface area contributed by atoms with Gasteiger partial charge in [-0.2, -0.15) is 5.26 Å². The third-order valence-corrected chi connectivity index (χ3v) is 7.18. The Hall–Kier alpha value is -2.69. The van der Waals surface area contributed by atoms with Gasteiger partial charge in [-0.15, -0.1) is 0 Å². The number of nitrogens with zero attached hydrogens (tertiary/aromatic N) is 1. The molecule has 29 heavy (non-hydrogen) atoms. The number of hydrogen-bond donors (Lipinski definition) is 2. The Morgan fingerprint density at radius 3 is 2.52 bits per heavy atom. The molecule has 2 atom stereocenters. The first kappa shape index (κ1) is 21.0. The molecule has 6 nitrogen and oxygen atoms in total. The topological polar surface area (TPSA) is 99.1 Å². The summed E-state index contributed by atoms with van der Waals surface area (Å²) in [5, 5.41) is 11.3. The average Bonchev–Trinajstić information content (AvgIpc) is 3.15. The number of anilines is 1. The number of benzene rings is 2. The molecular formula is C22H25N3O3S. The number of amides is 1. The minimum absolute atomic E-state index is 0.100. The minimum atomic E-state index is -3.31. The van der Waals surface area contributed by atoms with Crippen molar-refractivity contribution in [3.63, 3.8) is 0 Å². The second-order valence-electron chi connectivity index (χ2n) is 7.62. The number of carbonyl (C=O) groups is 1. The van der Waals surface area contributed by atoms with Crippen molar-refractivity contribution in [1.29, 1.82) is 5.26 Å². The van der Waals surface area contributed by atoms with Crippen molar-refractivity contribution in [2.24, 2.45) is 0 Å². The van der Waals surface area contributed by atoms with E-state index in [1.807, 2.05) is 30.3 Å². The van der Waals surface area contributed by atoms with E-state index in [9.17, 15) is 13.2 Å². The molecule has 0 saturated heterocycles. The maximum Gasteiger partial charge on any atom is 0.255 e. The van der Waals surface area contributed by atoms with Crippen LogP contribution in [0.4, 0.5) is 5.69 Å². The molecule has 7 heteroatoms. The standard InChI is InChI=1S/C22H25N3O3S/c1-15(2)29(27,28)25-21-8-4-7-20(21)17-9-11-19(12-10-17)24-22(26)18-6-3-5-16(13-18)14-23/h3,5-6,9-13,15,20-21,25H,4,7-8H2,1-2H3,(H,24,26)/t20-,21-/m0/s1. The third kappa shape index (κ3) is 5.03. The molecule has 1 saturated carbocycles. The fourth-order valence-corrected chi connectivity index (χ4v) is 4.57. The molecule has 2 aromatic rings. The molecule has 2 aromatic carbocycles. The maximum absolute atomic E-state index is 12.4. The predicted molar refractivity (Wildman–Crippen MR) is 113 cm³/mol. The van der Waals surface area contributed by atoms with Crippen molar-refractivity contribution in [2.75, 3.05) is 5.32 Å². The molecule has 1 aliphatic carbocycles. The van der Waals surface area contributed by atoms with Crippen molar-refractivity contribution >= 4 is 21.6 Å². The van der Waals surface area contributed by atoms with Gasteiger partial charge < -0.3 is 5.32 Å². The lowest BCUT2D eigenvalue weighted by Gasteiger charge is -2.23. The van der Waals surface area contributed by atoms with Gasteiger partial charge in [-0.3, -0.25) is 4.79 Å². The quantitative estimate of drug-likeness (QED) is 0.756. The molecule has 152 valence electrons. The first-order chi connectivity index (χ1) is 13.8. The highest BCUT2D eigenvalue weighted by atomic mass is 32.2. The van der Waals surface area contributed by atoms with Crippen LogP contribution in [0.3, 0.4) is 0 Å². The van der Waals surface area contributed by atoms with E-state index >= 15 is 0 Å². The maximum atomic E-state index is 12.4. The van der Waals surface area contributed by atoms with Crippen molar-refractivity contribution in [2.45, 2.75) is 50.3 Å². The van der Waals surface area contributed by atoms with Gasteiger partial charge in [0, 0.05) is 23.2 Å². The zero-order chi connectivity index (χ0) is 21.0. The highest BCUT2D eigenvalue weighted by Gasteiger charge is 2.32. The molecule has 0 spiro atoms. The van der Waals surface area contributed by atoms with Crippen LogP contribution < -0.4 is 10.0 Å². The Morgan fingerprint density at radius 1 is 1.14 bits per heavy atom. The first-order valence-electron chi connectivity index (χ1n) is 9.73. The summed E-state index contributed by atoms with van der Waals surface area (Å²) in [5.41, 5.74) is 2.57. The van der Waals surface area contributed by atoms with E-state index in [2.05, 4.69) is 10.0 Å². The lowest BCUT2D eigenvalue weighted by molar-refractivity contribution is 0.102. The second-order valence-corrected chi connectivity index (χ2v) is 9.89.